The molecule has 2 aromatic carbocycles. The summed E-state index contributed by atoms with van der Waals surface area (Å²) in [5, 5.41) is 3.94. The Hall–Kier alpha value is -2.96. The zero-order valence-corrected chi connectivity index (χ0v) is 17.5. The van der Waals surface area contributed by atoms with Crippen LogP contribution in [0, 0.1) is 0 Å². The van der Waals surface area contributed by atoms with Gasteiger partial charge in [-0.05, 0) is 41.5 Å². The number of rotatable bonds is 6. The lowest BCUT2D eigenvalue weighted by molar-refractivity contribution is 0.173. The summed E-state index contributed by atoms with van der Waals surface area (Å²) in [6, 6.07) is 14.4. The highest BCUT2D eigenvalue weighted by Gasteiger charge is 2.19. The summed E-state index contributed by atoms with van der Waals surface area (Å²) in [5.74, 6) is 1.38. The van der Waals surface area contributed by atoms with Gasteiger partial charge in [0.2, 0.25) is 6.79 Å². The van der Waals surface area contributed by atoms with Crippen LogP contribution in [0.1, 0.15) is 16.7 Å². The summed E-state index contributed by atoms with van der Waals surface area (Å²) in [4.78, 5) is 18.9. The topological polar surface area (TPSA) is 63.7 Å². The molecule has 1 aromatic heterocycles. The molecule has 154 valence electrons. The quantitative estimate of drug-likeness (QED) is 0.580. The lowest BCUT2D eigenvalue weighted by atomic mass is 10.1. The van der Waals surface area contributed by atoms with Crippen molar-refractivity contribution < 1.29 is 14.3 Å². The number of halogens is 2. The predicted molar refractivity (Wildman–Crippen MR) is 115 cm³/mol. The minimum Gasteiger partial charge on any atom is -0.454 e. The van der Waals surface area contributed by atoms with Crippen LogP contribution in [-0.2, 0) is 19.6 Å². The Kier molecular flexibility index (Phi) is 6.26. The van der Waals surface area contributed by atoms with Crippen LogP contribution < -0.4 is 14.8 Å². The van der Waals surface area contributed by atoms with Crippen molar-refractivity contribution in [3.8, 4) is 11.5 Å². The highest BCUT2D eigenvalue weighted by molar-refractivity contribution is 6.36. The molecule has 0 aliphatic carbocycles. The summed E-state index contributed by atoms with van der Waals surface area (Å²) in [6.07, 6.45) is 3.44. The third-order valence-corrected chi connectivity index (χ3v) is 5.38. The second kappa shape index (κ2) is 9.24. The first-order valence-electron chi connectivity index (χ1n) is 9.33. The van der Waals surface area contributed by atoms with E-state index in [9.17, 15) is 4.79 Å². The summed E-state index contributed by atoms with van der Waals surface area (Å²) in [5.41, 5.74) is 2.52. The number of pyridine rings is 1. The van der Waals surface area contributed by atoms with Gasteiger partial charge < -0.3 is 19.7 Å². The number of carbonyl (C=O) groups excluding carboxylic acids is 1. The van der Waals surface area contributed by atoms with Crippen molar-refractivity contribution in [3.63, 3.8) is 0 Å². The maximum Gasteiger partial charge on any atom is 0.318 e. The predicted octanol–water partition coefficient (Wildman–Crippen LogP) is 5.03. The fourth-order valence-corrected chi connectivity index (χ4v) is 3.68. The Morgan fingerprint density at radius 3 is 2.53 bits per heavy atom. The van der Waals surface area contributed by atoms with E-state index in [-0.39, 0.29) is 19.4 Å². The molecule has 0 unspecified atom stereocenters. The largest absolute Gasteiger partial charge is 0.454 e. The van der Waals surface area contributed by atoms with E-state index in [1.807, 2.05) is 30.3 Å². The van der Waals surface area contributed by atoms with Gasteiger partial charge in [0.1, 0.15) is 0 Å². The molecule has 0 saturated carbocycles. The SMILES string of the molecule is O=C(NCc1c(Cl)cccc1Cl)N(Cc1cccnc1)Cc1ccc2c(c1)OCO2. The summed E-state index contributed by atoms with van der Waals surface area (Å²) in [6.45, 7) is 1.21. The van der Waals surface area contributed by atoms with Crippen LogP contribution in [0.15, 0.2) is 60.9 Å². The average Bonchev–Trinajstić information content (AvgIpc) is 3.21. The van der Waals surface area contributed by atoms with Gasteiger partial charge in [0, 0.05) is 47.6 Å². The lowest BCUT2D eigenvalue weighted by Crippen LogP contribution is -2.38. The van der Waals surface area contributed by atoms with Crippen LogP contribution in [0.25, 0.3) is 0 Å². The van der Waals surface area contributed by atoms with Gasteiger partial charge in [-0.1, -0.05) is 41.4 Å². The molecule has 0 bridgehead atoms. The Morgan fingerprint density at radius 2 is 1.77 bits per heavy atom. The number of hydrogen-bond donors (Lipinski definition) is 1. The van der Waals surface area contributed by atoms with Gasteiger partial charge in [-0.3, -0.25) is 4.98 Å². The Bertz CT molecular complexity index is 1030. The fourth-order valence-electron chi connectivity index (χ4n) is 3.15. The van der Waals surface area contributed by atoms with Gasteiger partial charge in [0.25, 0.3) is 0 Å². The number of hydrogen-bond acceptors (Lipinski definition) is 4. The van der Waals surface area contributed by atoms with Crippen LogP contribution in [0.3, 0.4) is 0 Å². The first-order valence-corrected chi connectivity index (χ1v) is 10.1. The molecule has 3 aromatic rings. The number of nitrogens with one attached hydrogen (secondary N) is 1. The van der Waals surface area contributed by atoms with Crippen molar-refractivity contribution in [2.24, 2.45) is 0 Å². The van der Waals surface area contributed by atoms with Gasteiger partial charge in [0.15, 0.2) is 11.5 Å². The Morgan fingerprint density at radius 1 is 1.00 bits per heavy atom. The van der Waals surface area contributed by atoms with Crippen molar-refractivity contribution in [2.45, 2.75) is 19.6 Å². The van der Waals surface area contributed by atoms with Crippen LogP contribution in [-0.4, -0.2) is 22.7 Å². The Labute approximate surface area is 184 Å². The van der Waals surface area contributed by atoms with E-state index in [4.69, 9.17) is 32.7 Å². The van der Waals surface area contributed by atoms with Crippen molar-refractivity contribution >= 4 is 29.2 Å². The monoisotopic (exact) mass is 443 g/mol. The van der Waals surface area contributed by atoms with E-state index in [0.29, 0.717) is 40.2 Å². The number of nitrogens with zero attached hydrogens (tertiary/aromatic N) is 2. The summed E-state index contributed by atoms with van der Waals surface area (Å²) in [7, 11) is 0. The molecule has 1 aliphatic rings. The number of benzene rings is 2. The molecule has 2 heterocycles. The molecular weight excluding hydrogens is 425 g/mol. The maximum atomic E-state index is 13.0. The Balaban J connectivity index is 1.51. The number of aromatic nitrogens is 1. The summed E-state index contributed by atoms with van der Waals surface area (Å²) >= 11 is 12.4. The van der Waals surface area contributed by atoms with Crippen LogP contribution in [0.4, 0.5) is 4.79 Å². The standard InChI is InChI=1S/C22H19Cl2N3O3/c23-18-4-1-5-19(24)17(18)11-26-22(28)27(13-16-3-2-8-25-10-16)12-15-6-7-20-21(9-15)30-14-29-20/h1-10H,11-14H2,(H,26,28). The molecule has 1 aliphatic heterocycles. The third-order valence-electron chi connectivity index (χ3n) is 4.67. The average molecular weight is 444 g/mol. The smallest absolute Gasteiger partial charge is 0.318 e. The van der Waals surface area contributed by atoms with E-state index < -0.39 is 0 Å². The zero-order chi connectivity index (χ0) is 20.9. The number of carbonyl (C=O) groups is 1. The molecule has 0 radical (unpaired) electrons. The van der Waals surface area contributed by atoms with Crippen molar-refractivity contribution in [2.75, 3.05) is 6.79 Å². The molecule has 4 rings (SSSR count). The van der Waals surface area contributed by atoms with Gasteiger partial charge in [-0.2, -0.15) is 0 Å². The highest BCUT2D eigenvalue weighted by atomic mass is 35.5. The van der Waals surface area contributed by atoms with Crippen LogP contribution in [0.5, 0.6) is 11.5 Å². The maximum absolute atomic E-state index is 13.0. The molecule has 0 atom stereocenters. The minimum atomic E-state index is -0.243. The van der Waals surface area contributed by atoms with E-state index in [1.54, 1.807) is 35.5 Å². The van der Waals surface area contributed by atoms with E-state index in [1.165, 1.54) is 0 Å². The molecule has 0 spiro atoms. The van der Waals surface area contributed by atoms with Crippen molar-refractivity contribution in [3.05, 3.63) is 87.7 Å². The van der Waals surface area contributed by atoms with Crippen molar-refractivity contribution in [1.82, 2.24) is 15.2 Å². The molecule has 1 N–H and O–H groups in total. The van der Waals surface area contributed by atoms with Crippen LogP contribution in [0.2, 0.25) is 10.0 Å². The normalized spacial score (nSPS) is 11.9. The summed E-state index contributed by atoms with van der Waals surface area (Å²) < 4.78 is 10.8. The van der Waals surface area contributed by atoms with Gasteiger partial charge in [-0.25, -0.2) is 4.79 Å². The van der Waals surface area contributed by atoms with E-state index in [2.05, 4.69) is 10.3 Å². The second-order valence-electron chi connectivity index (χ2n) is 6.76. The zero-order valence-electron chi connectivity index (χ0n) is 16.0. The fraction of sp³-hybridized carbons (Fsp3) is 0.182. The first-order chi connectivity index (χ1) is 14.6. The van der Waals surface area contributed by atoms with Gasteiger partial charge in [-0.15, -0.1) is 0 Å². The van der Waals surface area contributed by atoms with E-state index >= 15 is 0 Å². The lowest BCUT2D eigenvalue weighted by Gasteiger charge is -2.24. The molecule has 0 fully saturated rings. The molecule has 8 heteroatoms. The molecule has 30 heavy (non-hydrogen) atoms. The van der Waals surface area contributed by atoms with E-state index in [0.717, 1.165) is 11.1 Å². The highest BCUT2D eigenvalue weighted by Crippen LogP contribution is 2.33. The number of ether oxygens (including phenoxy) is 2. The third kappa shape index (κ3) is 4.78. The second-order valence-corrected chi connectivity index (χ2v) is 7.58. The van der Waals surface area contributed by atoms with Gasteiger partial charge in [0.05, 0.1) is 0 Å². The molecule has 0 saturated heterocycles. The number of urea groups is 1. The number of amides is 2. The van der Waals surface area contributed by atoms with Crippen molar-refractivity contribution in [1.29, 1.82) is 0 Å². The molecular formula is C22H19Cl2N3O3. The van der Waals surface area contributed by atoms with Gasteiger partial charge >= 0.3 is 6.03 Å². The minimum absolute atomic E-state index is 0.206. The molecule has 2 amide bonds. The number of fused-ring (bicyclic) bond motifs is 1. The first kappa shape index (κ1) is 20.3. The van der Waals surface area contributed by atoms with Crippen LogP contribution >= 0.6 is 23.2 Å². The molecule has 6 nitrogen and oxygen atoms in total.